The number of nitrogens with zero attached hydrogens (tertiary/aromatic N) is 1. The van der Waals surface area contributed by atoms with Crippen molar-refractivity contribution in [2.24, 2.45) is 0 Å². The van der Waals surface area contributed by atoms with Gasteiger partial charge in [0.25, 0.3) is 0 Å². The Morgan fingerprint density at radius 2 is 0.862 bits per heavy atom. The Morgan fingerprint density at radius 1 is 0.328 bits per heavy atom. The molecule has 12 aromatic rings. The van der Waals surface area contributed by atoms with Crippen molar-refractivity contribution in [1.29, 1.82) is 0 Å². The highest BCUT2D eigenvalue weighted by atomic mass is 32.1. The van der Waals surface area contributed by atoms with Crippen LogP contribution >= 0.6 is 22.7 Å². The third kappa shape index (κ3) is 5.30. The first-order chi connectivity index (χ1) is 28.7. The summed E-state index contributed by atoms with van der Waals surface area (Å²) in [7, 11) is 0. The van der Waals surface area contributed by atoms with E-state index in [0.29, 0.717) is 0 Å². The lowest BCUT2D eigenvalue weighted by Gasteiger charge is -2.26. The average Bonchev–Trinajstić information content (AvgIpc) is 3.99. The number of furan rings is 1. The first-order valence-electron chi connectivity index (χ1n) is 19.6. The highest BCUT2D eigenvalue weighted by Crippen LogP contribution is 2.48. The minimum absolute atomic E-state index is 0.868. The van der Waals surface area contributed by atoms with Gasteiger partial charge in [-0.15, -0.1) is 22.7 Å². The molecule has 0 saturated carbocycles. The summed E-state index contributed by atoms with van der Waals surface area (Å²) in [4.78, 5) is 2.39. The summed E-state index contributed by atoms with van der Waals surface area (Å²) in [5.41, 5.74) is 12.0. The molecule has 0 aliphatic rings. The van der Waals surface area contributed by atoms with Gasteiger partial charge in [0.05, 0.1) is 16.1 Å². The average molecular weight is 776 g/mol. The molecule has 0 aliphatic heterocycles. The molecule has 0 aliphatic carbocycles. The van der Waals surface area contributed by atoms with E-state index in [1.54, 1.807) is 0 Å². The molecule has 0 fully saturated rings. The first kappa shape index (κ1) is 33.2. The molecule has 12 rings (SSSR count). The van der Waals surface area contributed by atoms with Crippen LogP contribution in [-0.4, -0.2) is 0 Å². The maximum atomic E-state index is 7.01. The standard InChI is InChI=1S/C54H33NOS2/c1-2-11-37(12-3-1)40-15-8-16-44-45-17-9-19-47(53(45)56-52(40)44)55(48-20-10-18-46-42-14-5-7-22-50(42)58-54(46)48)39-30-27-35(28-31-39)34-23-25-36(26-24-34)38-29-32-43-41-13-4-6-21-49(41)57-51(43)33-38/h1-33H. The van der Waals surface area contributed by atoms with Crippen molar-refractivity contribution >= 4 is 102 Å². The van der Waals surface area contributed by atoms with Crippen molar-refractivity contribution in [2.75, 3.05) is 4.90 Å². The lowest BCUT2D eigenvalue weighted by Crippen LogP contribution is -2.10. The summed E-state index contributed by atoms with van der Waals surface area (Å²) in [6.45, 7) is 0. The number of benzene rings is 9. The van der Waals surface area contributed by atoms with E-state index in [2.05, 4.69) is 205 Å². The van der Waals surface area contributed by atoms with Gasteiger partial charge in [-0.05, 0) is 70.3 Å². The smallest absolute Gasteiger partial charge is 0.159 e. The van der Waals surface area contributed by atoms with E-state index in [4.69, 9.17) is 4.42 Å². The number of para-hydroxylation sites is 2. The Balaban J connectivity index is 0.975. The molecule has 0 unspecified atom stereocenters. The molecule has 0 bridgehead atoms. The van der Waals surface area contributed by atoms with E-state index >= 15 is 0 Å². The molecule has 3 aromatic heterocycles. The molecule has 9 aromatic carbocycles. The lowest BCUT2D eigenvalue weighted by atomic mass is 9.99. The Kier molecular flexibility index (Phi) is 7.62. The van der Waals surface area contributed by atoms with Gasteiger partial charge >= 0.3 is 0 Å². The van der Waals surface area contributed by atoms with Crippen molar-refractivity contribution in [1.82, 2.24) is 0 Å². The van der Waals surface area contributed by atoms with Crippen LogP contribution in [0.1, 0.15) is 0 Å². The van der Waals surface area contributed by atoms with Gasteiger partial charge in [-0.2, -0.15) is 0 Å². The van der Waals surface area contributed by atoms with Crippen molar-refractivity contribution in [2.45, 2.75) is 0 Å². The Bertz CT molecular complexity index is 3500. The van der Waals surface area contributed by atoms with Crippen LogP contribution in [0.3, 0.4) is 0 Å². The van der Waals surface area contributed by atoms with E-state index in [9.17, 15) is 0 Å². The third-order valence-electron chi connectivity index (χ3n) is 11.5. The predicted molar refractivity (Wildman–Crippen MR) is 250 cm³/mol. The molecule has 0 radical (unpaired) electrons. The lowest BCUT2D eigenvalue weighted by molar-refractivity contribution is 0.670. The van der Waals surface area contributed by atoms with Crippen LogP contribution in [0, 0.1) is 0 Å². The van der Waals surface area contributed by atoms with Gasteiger partial charge in [-0.3, -0.25) is 0 Å². The summed E-state index contributed by atoms with van der Waals surface area (Å²) in [6, 6.07) is 72.5. The van der Waals surface area contributed by atoms with Gasteiger partial charge in [0.2, 0.25) is 0 Å². The van der Waals surface area contributed by atoms with Crippen LogP contribution in [0.2, 0.25) is 0 Å². The molecule has 0 atom stereocenters. The minimum atomic E-state index is 0.868. The molecule has 0 spiro atoms. The topological polar surface area (TPSA) is 16.4 Å². The van der Waals surface area contributed by atoms with Gasteiger partial charge in [0.15, 0.2) is 5.58 Å². The fourth-order valence-electron chi connectivity index (χ4n) is 8.71. The van der Waals surface area contributed by atoms with Gasteiger partial charge < -0.3 is 9.32 Å². The Morgan fingerprint density at radius 3 is 1.62 bits per heavy atom. The van der Waals surface area contributed by atoms with Crippen LogP contribution in [0.5, 0.6) is 0 Å². The zero-order valence-electron chi connectivity index (χ0n) is 31.2. The highest BCUT2D eigenvalue weighted by Gasteiger charge is 2.23. The van der Waals surface area contributed by atoms with E-state index in [-0.39, 0.29) is 0 Å². The zero-order chi connectivity index (χ0) is 38.2. The van der Waals surface area contributed by atoms with E-state index in [1.165, 1.54) is 62.6 Å². The van der Waals surface area contributed by atoms with E-state index in [0.717, 1.165) is 50.1 Å². The number of hydrogen-bond acceptors (Lipinski definition) is 4. The summed E-state index contributed by atoms with van der Waals surface area (Å²) >= 11 is 3.71. The zero-order valence-corrected chi connectivity index (χ0v) is 32.9. The summed E-state index contributed by atoms with van der Waals surface area (Å²) in [5.74, 6) is 0. The fourth-order valence-corrected chi connectivity index (χ4v) is 11.1. The molecule has 3 heterocycles. The van der Waals surface area contributed by atoms with Gasteiger partial charge in [0.1, 0.15) is 5.58 Å². The van der Waals surface area contributed by atoms with E-state index < -0.39 is 0 Å². The number of hydrogen-bond donors (Lipinski definition) is 0. The number of rotatable bonds is 6. The number of fused-ring (bicyclic) bond motifs is 9. The van der Waals surface area contributed by atoms with Gasteiger partial charge in [-0.1, -0.05) is 158 Å². The minimum Gasteiger partial charge on any atom is -0.453 e. The van der Waals surface area contributed by atoms with Crippen molar-refractivity contribution in [3.8, 4) is 33.4 Å². The quantitative estimate of drug-likeness (QED) is 0.167. The fraction of sp³-hybridized carbons (Fsp3) is 0. The van der Waals surface area contributed by atoms with Crippen LogP contribution in [0.4, 0.5) is 17.1 Å². The largest absolute Gasteiger partial charge is 0.453 e. The first-order valence-corrected chi connectivity index (χ1v) is 21.2. The molecule has 2 nitrogen and oxygen atoms in total. The normalized spacial score (nSPS) is 11.8. The second kappa shape index (κ2) is 13.3. The SMILES string of the molecule is c1ccc(-c2cccc3c2oc2c(N(c4ccc(-c5ccc(-c6ccc7c(c6)sc6ccccc67)cc5)cc4)c4cccc5c4sc4ccccc45)cccc23)cc1. The van der Waals surface area contributed by atoms with Crippen molar-refractivity contribution in [3.63, 3.8) is 0 Å². The summed E-state index contributed by atoms with van der Waals surface area (Å²) in [5, 5.41) is 7.41. The molecular formula is C54H33NOS2. The second-order valence-electron chi connectivity index (χ2n) is 14.8. The van der Waals surface area contributed by atoms with Gasteiger partial charge in [0, 0.05) is 57.7 Å². The van der Waals surface area contributed by atoms with Gasteiger partial charge in [-0.25, -0.2) is 0 Å². The highest BCUT2D eigenvalue weighted by molar-refractivity contribution is 7.26. The van der Waals surface area contributed by atoms with E-state index in [1.807, 2.05) is 22.7 Å². The van der Waals surface area contributed by atoms with Crippen LogP contribution in [0.15, 0.2) is 205 Å². The van der Waals surface area contributed by atoms with Crippen molar-refractivity contribution in [3.05, 3.63) is 200 Å². The predicted octanol–water partition coefficient (Wildman–Crippen LogP) is 16.8. The summed E-state index contributed by atoms with van der Waals surface area (Å²) in [6.07, 6.45) is 0. The molecule has 0 amide bonds. The number of thiophene rings is 2. The Hall–Kier alpha value is -6.98. The third-order valence-corrected chi connectivity index (χ3v) is 13.9. The van der Waals surface area contributed by atoms with Crippen molar-refractivity contribution < 1.29 is 4.42 Å². The summed E-state index contributed by atoms with van der Waals surface area (Å²) < 4.78 is 12.2. The maximum absolute atomic E-state index is 7.01. The maximum Gasteiger partial charge on any atom is 0.159 e. The molecule has 58 heavy (non-hydrogen) atoms. The Labute approximate surface area is 343 Å². The second-order valence-corrected chi connectivity index (χ2v) is 17.0. The van der Waals surface area contributed by atoms with Crippen LogP contribution in [0.25, 0.3) is 95.7 Å². The van der Waals surface area contributed by atoms with Crippen LogP contribution in [-0.2, 0) is 0 Å². The monoisotopic (exact) mass is 775 g/mol. The molecular weight excluding hydrogens is 743 g/mol. The molecule has 0 N–H and O–H groups in total. The molecule has 4 heteroatoms. The number of anilines is 3. The van der Waals surface area contributed by atoms with Crippen LogP contribution < -0.4 is 4.90 Å². The molecule has 0 saturated heterocycles. The molecule has 272 valence electrons.